The van der Waals surface area contributed by atoms with Crippen molar-refractivity contribution in [3.05, 3.63) is 127 Å². The van der Waals surface area contributed by atoms with Crippen LogP contribution in [0.5, 0.6) is 0 Å². The molecule has 0 spiro atoms. The highest BCUT2D eigenvalue weighted by Crippen LogP contribution is 2.17. The van der Waals surface area contributed by atoms with E-state index in [1.807, 2.05) is 24.3 Å². The molecule has 2 N–H and O–H groups in total. The van der Waals surface area contributed by atoms with Gasteiger partial charge in [0.05, 0.1) is 16.6 Å². The molecule has 3 aromatic heterocycles. The fraction of sp³-hybridized carbons (Fsp3) is 0.179. The summed E-state index contributed by atoms with van der Waals surface area (Å²) >= 11 is 6.15. The third-order valence-corrected chi connectivity index (χ3v) is 6.46. The number of H-pyrrole nitrogens is 1. The van der Waals surface area contributed by atoms with Gasteiger partial charge in [-0.1, -0.05) is 35.9 Å². The van der Waals surface area contributed by atoms with E-state index in [2.05, 4.69) is 15.4 Å². The maximum Gasteiger partial charge on any atom is 0.280 e. The molecule has 0 bridgehead atoms. The first-order chi connectivity index (χ1) is 18.0. The fourth-order valence-electron chi connectivity index (χ4n) is 4.44. The maximum atomic E-state index is 13.6. The van der Waals surface area contributed by atoms with Crippen LogP contribution in [0.4, 0.5) is 4.39 Å². The van der Waals surface area contributed by atoms with E-state index >= 15 is 0 Å². The van der Waals surface area contributed by atoms with Crippen LogP contribution in [0.1, 0.15) is 17.0 Å². The summed E-state index contributed by atoms with van der Waals surface area (Å²) in [4.78, 5) is 31.1. The predicted molar refractivity (Wildman–Crippen MR) is 143 cm³/mol. The van der Waals surface area contributed by atoms with E-state index in [4.69, 9.17) is 11.6 Å². The summed E-state index contributed by atoms with van der Waals surface area (Å²) < 4.78 is 16.6. The zero-order valence-electron chi connectivity index (χ0n) is 20.0. The summed E-state index contributed by atoms with van der Waals surface area (Å²) in [7, 11) is 0. The first-order valence-electron chi connectivity index (χ1n) is 12.0. The molecule has 7 nitrogen and oxygen atoms in total. The number of nitrogens with zero attached hydrogens (tertiary/aromatic N) is 3. The molecule has 5 rings (SSSR count). The molecule has 0 aliphatic carbocycles. The molecule has 0 atom stereocenters. The lowest BCUT2D eigenvalue weighted by Gasteiger charge is -2.14. The molecule has 0 unspecified atom stereocenters. The minimum atomic E-state index is -0.278. The lowest BCUT2D eigenvalue weighted by atomic mass is 10.1. The number of aromatic amines is 1. The van der Waals surface area contributed by atoms with Gasteiger partial charge in [0.2, 0.25) is 0 Å². The van der Waals surface area contributed by atoms with Crippen LogP contribution < -0.4 is 16.4 Å². The predicted octanol–water partition coefficient (Wildman–Crippen LogP) is 4.24. The van der Waals surface area contributed by atoms with Gasteiger partial charge in [-0.25, -0.2) is 9.07 Å². The van der Waals surface area contributed by atoms with E-state index in [0.717, 1.165) is 11.3 Å². The van der Waals surface area contributed by atoms with Gasteiger partial charge in [-0.2, -0.15) is 0 Å². The number of hydrogen-bond donors (Lipinski definition) is 2. The van der Waals surface area contributed by atoms with Gasteiger partial charge in [0.25, 0.3) is 11.1 Å². The average Bonchev–Trinajstić information content (AvgIpc) is 3.22. The number of halogens is 2. The van der Waals surface area contributed by atoms with Crippen molar-refractivity contribution in [3.8, 4) is 5.69 Å². The van der Waals surface area contributed by atoms with Crippen LogP contribution in [0.3, 0.4) is 0 Å². The molecule has 5 aromatic rings. The molecule has 2 aromatic carbocycles. The maximum absolute atomic E-state index is 13.6. The lowest BCUT2D eigenvalue weighted by Crippen LogP contribution is -2.29. The Hall–Kier alpha value is -4.01. The molecule has 0 amide bonds. The second-order valence-electron chi connectivity index (χ2n) is 8.73. The van der Waals surface area contributed by atoms with E-state index in [9.17, 15) is 14.0 Å². The summed E-state index contributed by atoms with van der Waals surface area (Å²) in [6.45, 7) is 1.20. The van der Waals surface area contributed by atoms with Gasteiger partial charge in [-0.05, 0) is 61.0 Å². The van der Waals surface area contributed by atoms with Crippen molar-refractivity contribution in [3.63, 3.8) is 0 Å². The summed E-state index contributed by atoms with van der Waals surface area (Å²) in [6.07, 6.45) is 2.85. The van der Waals surface area contributed by atoms with Gasteiger partial charge in [0.1, 0.15) is 5.82 Å². The van der Waals surface area contributed by atoms with Crippen LogP contribution in [0.15, 0.2) is 88.6 Å². The number of rotatable bonds is 9. The molecule has 0 fully saturated rings. The summed E-state index contributed by atoms with van der Waals surface area (Å²) in [5, 5.41) is 7.32. The molecule has 37 heavy (non-hydrogen) atoms. The normalized spacial score (nSPS) is 11.3. The van der Waals surface area contributed by atoms with Gasteiger partial charge >= 0.3 is 0 Å². The van der Waals surface area contributed by atoms with Crippen LogP contribution in [0, 0.1) is 5.82 Å². The zero-order valence-corrected chi connectivity index (χ0v) is 20.7. The van der Waals surface area contributed by atoms with E-state index in [1.54, 1.807) is 41.1 Å². The molecule has 0 saturated carbocycles. The van der Waals surface area contributed by atoms with Gasteiger partial charge in [0, 0.05) is 48.2 Å². The quantitative estimate of drug-likeness (QED) is 0.286. The Kier molecular flexibility index (Phi) is 7.30. The van der Waals surface area contributed by atoms with Crippen molar-refractivity contribution in [2.45, 2.75) is 25.9 Å². The van der Waals surface area contributed by atoms with Crippen LogP contribution in [0.25, 0.3) is 16.6 Å². The first kappa shape index (κ1) is 24.7. The van der Waals surface area contributed by atoms with Crippen molar-refractivity contribution in [2.75, 3.05) is 6.54 Å². The average molecular weight is 518 g/mol. The molecule has 0 radical (unpaired) electrons. The highest BCUT2D eigenvalue weighted by molar-refractivity contribution is 6.30. The second-order valence-corrected chi connectivity index (χ2v) is 9.17. The SMILES string of the molecule is O=c1c2c(CNCCc3cccc(F)c3)n(CCc3ccccn3)c(=O)cc2[nH]n1-c1cccc(Cl)c1. The Morgan fingerprint density at radius 2 is 1.84 bits per heavy atom. The molecular weight excluding hydrogens is 493 g/mol. The third-order valence-electron chi connectivity index (χ3n) is 6.22. The van der Waals surface area contributed by atoms with Gasteiger partial charge < -0.3 is 9.88 Å². The van der Waals surface area contributed by atoms with Crippen LogP contribution in [-0.2, 0) is 25.9 Å². The standard InChI is InChI=1S/C28H25ClFN5O2/c29-20-6-4-9-23(16-20)35-28(37)27-24(33-35)17-26(36)34(14-11-22-8-1-2-12-32-22)25(27)18-31-13-10-19-5-3-7-21(30)15-19/h1-9,12,15-17,31,33H,10-11,13-14,18H2. The number of fused-ring (bicyclic) bond motifs is 1. The molecular formula is C28H25ClFN5O2. The Labute approximate surface area is 217 Å². The van der Waals surface area contributed by atoms with Crippen molar-refractivity contribution in [1.82, 2.24) is 24.6 Å². The highest BCUT2D eigenvalue weighted by atomic mass is 35.5. The van der Waals surface area contributed by atoms with Crippen LogP contribution in [0.2, 0.25) is 5.02 Å². The number of aryl methyl sites for hydroxylation is 1. The largest absolute Gasteiger partial charge is 0.311 e. The third kappa shape index (κ3) is 5.55. The van der Waals surface area contributed by atoms with Crippen LogP contribution in [-0.4, -0.2) is 25.9 Å². The zero-order chi connectivity index (χ0) is 25.8. The van der Waals surface area contributed by atoms with Crippen molar-refractivity contribution in [2.24, 2.45) is 0 Å². The number of nitrogens with one attached hydrogen (secondary N) is 2. The molecule has 0 aliphatic rings. The van der Waals surface area contributed by atoms with Crippen molar-refractivity contribution < 1.29 is 4.39 Å². The molecule has 9 heteroatoms. The topological polar surface area (TPSA) is 84.7 Å². The van der Waals surface area contributed by atoms with Crippen LogP contribution >= 0.6 is 11.6 Å². The van der Waals surface area contributed by atoms with Gasteiger partial charge in [0.15, 0.2) is 0 Å². The molecule has 0 aliphatic heterocycles. The van der Waals surface area contributed by atoms with Gasteiger partial charge in [-0.3, -0.25) is 19.7 Å². The molecule has 188 valence electrons. The molecule has 0 saturated heterocycles. The van der Waals surface area contributed by atoms with E-state index in [-0.39, 0.29) is 23.5 Å². The summed E-state index contributed by atoms with van der Waals surface area (Å²) in [6, 6.07) is 20.5. The van der Waals surface area contributed by atoms with Gasteiger partial charge in [-0.15, -0.1) is 0 Å². The first-order valence-corrected chi connectivity index (χ1v) is 12.4. The van der Waals surface area contributed by atoms with E-state index < -0.39 is 0 Å². The summed E-state index contributed by atoms with van der Waals surface area (Å²) in [5.41, 5.74) is 2.83. The highest BCUT2D eigenvalue weighted by Gasteiger charge is 2.18. The Balaban J connectivity index is 1.50. The van der Waals surface area contributed by atoms with Crippen molar-refractivity contribution in [1.29, 1.82) is 0 Å². The number of pyridine rings is 2. The van der Waals surface area contributed by atoms with Crippen molar-refractivity contribution >= 4 is 22.5 Å². The Bertz CT molecular complexity index is 1660. The number of aromatic nitrogens is 4. The number of benzene rings is 2. The minimum Gasteiger partial charge on any atom is -0.311 e. The Morgan fingerprint density at radius 3 is 2.62 bits per heavy atom. The van der Waals surface area contributed by atoms with E-state index in [0.29, 0.717) is 53.2 Å². The second kappa shape index (κ2) is 10.9. The monoisotopic (exact) mass is 517 g/mol. The summed E-state index contributed by atoms with van der Waals surface area (Å²) in [5.74, 6) is -0.278. The fourth-order valence-corrected chi connectivity index (χ4v) is 4.62. The minimum absolute atomic E-state index is 0.218. The smallest absolute Gasteiger partial charge is 0.280 e. The van der Waals surface area contributed by atoms with E-state index in [1.165, 1.54) is 22.9 Å². The molecule has 3 heterocycles. The Morgan fingerprint density at radius 1 is 0.973 bits per heavy atom. The lowest BCUT2D eigenvalue weighted by molar-refractivity contribution is 0.588. The number of hydrogen-bond acceptors (Lipinski definition) is 4.